The zero-order valence-corrected chi connectivity index (χ0v) is 23.6. The van der Waals surface area contributed by atoms with Crippen LogP contribution < -0.4 is 4.74 Å². The van der Waals surface area contributed by atoms with Crippen molar-refractivity contribution in [2.24, 2.45) is 0 Å². The van der Waals surface area contributed by atoms with Gasteiger partial charge in [0.15, 0.2) is 0 Å². The van der Waals surface area contributed by atoms with Gasteiger partial charge < -0.3 is 4.74 Å². The van der Waals surface area contributed by atoms with Crippen LogP contribution >= 0.6 is 11.8 Å². The summed E-state index contributed by atoms with van der Waals surface area (Å²) >= 11 is 1.79. The van der Waals surface area contributed by atoms with E-state index in [4.69, 9.17) is 9.72 Å². The topological polar surface area (TPSA) is 52.8 Å². The van der Waals surface area contributed by atoms with Crippen molar-refractivity contribution in [2.45, 2.75) is 15.2 Å². The van der Waals surface area contributed by atoms with Gasteiger partial charge in [0.1, 0.15) is 12.7 Å². The summed E-state index contributed by atoms with van der Waals surface area (Å²) in [5.74, 6) is 1.16. The van der Waals surface area contributed by atoms with Crippen molar-refractivity contribution in [3.8, 4) is 17.2 Å². The molecule has 7 heteroatoms. The van der Waals surface area contributed by atoms with Crippen molar-refractivity contribution in [2.75, 3.05) is 0 Å². The molecule has 0 aliphatic carbocycles. The minimum absolute atomic E-state index is 0. The van der Waals surface area contributed by atoms with Crippen LogP contribution in [-0.4, -0.2) is 19.7 Å². The zero-order valence-electron chi connectivity index (χ0n) is 20.5. The van der Waals surface area contributed by atoms with Crippen LogP contribution in [0.1, 0.15) is 22.4 Å². The average molecular weight is 704 g/mol. The summed E-state index contributed by atoms with van der Waals surface area (Å²) in [6.45, 7) is 0. The third-order valence-electron chi connectivity index (χ3n) is 6.66. The first-order chi connectivity index (χ1) is 18.8. The fourth-order valence-electron chi connectivity index (χ4n) is 5.09. The van der Waals surface area contributed by atoms with Gasteiger partial charge in [-0.15, -0.1) is 35.9 Å². The molecule has 5 nitrogen and oxygen atoms in total. The van der Waals surface area contributed by atoms with E-state index in [1.165, 1.54) is 27.2 Å². The van der Waals surface area contributed by atoms with Crippen LogP contribution in [0.25, 0.3) is 5.69 Å². The quantitative estimate of drug-likeness (QED) is 0.183. The first-order valence-corrected chi connectivity index (χ1v) is 13.0. The molecule has 6 aromatic rings. The standard InChI is InChI=1S/C32H20N4OS.Pt/c1-3-15-29-27(13-1)32(31-17-5-6-18-34-31,28-14-2-4-16-30(28)38-29)23-9-7-11-25(19-23)37-26-12-8-10-24(20-26)36-22-33-21-35-36;/h1-18,21-22H;/q-2;+2. The Bertz CT molecular complexity index is 1700. The molecule has 1 aliphatic rings. The van der Waals surface area contributed by atoms with Gasteiger partial charge in [0.2, 0.25) is 0 Å². The van der Waals surface area contributed by atoms with Gasteiger partial charge in [-0.3, -0.25) is 4.98 Å². The largest absolute Gasteiger partial charge is 2.00 e. The smallest absolute Gasteiger partial charge is 0.509 e. The van der Waals surface area contributed by atoms with Crippen molar-refractivity contribution < 1.29 is 25.8 Å². The first kappa shape index (κ1) is 25.3. The summed E-state index contributed by atoms with van der Waals surface area (Å²) in [6, 6.07) is 41.8. The van der Waals surface area contributed by atoms with Gasteiger partial charge in [-0.1, -0.05) is 54.2 Å². The van der Waals surface area contributed by atoms with Crippen LogP contribution in [0.15, 0.2) is 132 Å². The molecule has 0 atom stereocenters. The number of pyridine rings is 1. The van der Waals surface area contributed by atoms with Crippen LogP contribution in [-0.2, 0) is 26.5 Å². The molecule has 0 amide bonds. The monoisotopic (exact) mass is 703 g/mol. The molecule has 0 spiro atoms. The van der Waals surface area contributed by atoms with Crippen molar-refractivity contribution in [1.82, 2.24) is 19.7 Å². The summed E-state index contributed by atoms with van der Waals surface area (Å²) < 4.78 is 7.96. The van der Waals surface area contributed by atoms with Gasteiger partial charge in [0.25, 0.3) is 0 Å². The number of ether oxygens (including phenoxy) is 1. The van der Waals surface area contributed by atoms with Crippen LogP contribution in [0.2, 0.25) is 0 Å². The van der Waals surface area contributed by atoms with E-state index in [1.807, 2.05) is 48.7 Å². The molecule has 0 unspecified atom stereocenters. The fourth-order valence-corrected chi connectivity index (χ4v) is 6.28. The van der Waals surface area contributed by atoms with Gasteiger partial charge in [0, 0.05) is 27.5 Å². The normalized spacial score (nSPS) is 13.0. The Labute approximate surface area is 245 Å². The predicted octanol–water partition coefficient (Wildman–Crippen LogP) is 6.90. The first-order valence-electron chi connectivity index (χ1n) is 12.2. The molecule has 0 saturated carbocycles. The van der Waals surface area contributed by atoms with Crippen molar-refractivity contribution in [1.29, 1.82) is 0 Å². The maximum absolute atomic E-state index is 6.31. The molecule has 190 valence electrons. The number of aromatic nitrogens is 4. The number of fused-ring (bicyclic) bond motifs is 2. The van der Waals surface area contributed by atoms with Gasteiger partial charge in [-0.25, -0.2) is 9.67 Å². The van der Waals surface area contributed by atoms with Crippen molar-refractivity contribution >= 4 is 11.8 Å². The molecule has 1 aliphatic heterocycles. The Morgan fingerprint density at radius 1 is 0.718 bits per heavy atom. The molecule has 3 heterocycles. The van der Waals surface area contributed by atoms with E-state index < -0.39 is 5.41 Å². The molecular formula is C32H20N4OPtS. The summed E-state index contributed by atoms with van der Waals surface area (Å²) in [5.41, 5.74) is 4.33. The van der Waals surface area contributed by atoms with Crippen LogP contribution in [0, 0.1) is 12.1 Å². The Kier molecular flexibility index (Phi) is 6.90. The second kappa shape index (κ2) is 10.6. The third kappa shape index (κ3) is 4.40. The minimum atomic E-state index is -0.661. The second-order valence-corrected chi connectivity index (χ2v) is 9.91. The van der Waals surface area contributed by atoms with E-state index >= 15 is 0 Å². The summed E-state index contributed by atoms with van der Waals surface area (Å²) in [6.07, 6.45) is 4.98. The Morgan fingerprint density at radius 3 is 2.10 bits per heavy atom. The molecule has 7 rings (SSSR count). The van der Waals surface area contributed by atoms with Crippen molar-refractivity contribution in [3.05, 3.63) is 156 Å². The number of nitrogens with zero attached hydrogens (tertiary/aromatic N) is 4. The fraction of sp³-hybridized carbons (Fsp3) is 0.0312. The number of benzene rings is 4. The van der Waals surface area contributed by atoms with Gasteiger partial charge in [0.05, 0.1) is 11.1 Å². The van der Waals surface area contributed by atoms with E-state index in [2.05, 4.69) is 82.9 Å². The van der Waals surface area contributed by atoms with Crippen LogP contribution in [0.3, 0.4) is 0 Å². The van der Waals surface area contributed by atoms with Gasteiger partial charge in [-0.05, 0) is 41.1 Å². The van der Waals surface area contributed by atoms with E-state index in [-0.39, 0.29) is 21.1 Å². The summed E-state index contributed by atoms with van der Waals surface area (Å²) in [7, 11) is 0. The van der Waals surface area contributed by atoms with E-state index in [0.29, 0.717) is 11.5 Å². The molecular weight excluding hydrogens is 684 g/mol. The second-order valence-electron chi connectivity index (χ2n) is 8.83. The summed E-state index contributed by atoms with van der Waals surface area (Å²) in [5, 5.41) is 4.20. The van der Waals surface area contributed by atoms with E-state index in [1.54, 1.807) is 22.8 Å². The number of hydrogen-bond donors (Lipinski definition) is 0. The number of hydrogen-bond acceptors (Lipinski definition) is 5. The van der Waals surface area contributed by atoms with Crippen LogP contribution in [0.5, 0.6) is 11.5 Å². The minimum Gasteiger partial charge on any atom is -0.509 e. The molecule has 0 radical (unpaired) electrons. The SMILES string of the molecule is [Pt+2].[c-]1c(Oc2[c-]c(C3(c4ccccn4)c4ccccc4Sc4ccccc43)ccc2)cccc1-n1cncn1. The molecule has 0 N–H and O–H groups in total. The maximum atomic E-state index is 6.31. The average Bonchev–Trinajstić information content (AvgIpc) is 3.52. The molecule has 39 heavy (non-hydrogen) atoms. The van der Waals surface area contributed by atoms with E-state index in [9.17, 15) is 0 Å². The van der Waals surface area contributed by atoms with Crippen LogP contribution in [0.4, 0.5) is 0 Å². The maximum Gasteiger partial charge on any atom is 2.00 e. The zero-order chi connectivity index (χ0) is 25.4. The predicted molar refractivity (Wildman–Crippen MR) is 146 cm³/mol. The number of rotatable bonds is 5. The van der Waals surface area contributed by atoms with Gasteiger partial charge in [-0.2, -0.15) is 23.3 Å². The van der Waals surface area contributed by atoms with Crippen molar-refractivity contribution in [3.63, 3.8) is 0 Å². The van der Waals surface area contributed by atoms with E-state index in [0.717, 1.165) is 16.9 Å². The van der Waals surface area contributed by atoms with Gasteiger partial charge >= 0.3 is 21.1 Å². The molecule has 0 fully saturated rings. The summed E-state index contributed by atoms with van der Waals surface area (Å²) in [4.78, 5) is 11.3. The Hall–Kier alpha value is -3.99. The Morgan fingerprint density at radius 2 is 1.41 bits per heavy atom. The third-order valence-corrected chi connectivity index (χ3v) is 7.81. The molecule has 0 saturated heterocycles. The Balaban J connectivity index is 0.00000277. The molecule has 0 bridgehead atoms. The molecule has 4 aromatic carbocycles. The molecule has 2 aromatic heterocycles.